The number of hydrogen-bond acceptors (Lipinski definition) is 5. The number of hydrogen-bond donors (Lipinski definition) is 1. The predicted molar refractivity (Wildman–Crippen MR) is 93.6 cm³/mol. The number of nitrogens with zero attached hydrogens (tertiary/aromatic N) is 1. The van der Waals surface area contributed by atoms with Gasteiger partial charge in [-0.3, -0.25) is 19.3 Å². The number of esters is 1. The summed E-state index contributed by atoms with van der Waals surface area (Å²) in [5, 5.41) is 2.56. The number of fused-ring (bicyclic) bond motifs is 1. The van der Waals surface area contributed by atoms with Crippen LogP contribution in [0, 0.1) is 0 Å². The van der Waals surface area contributed by atoms with E-state index in [9.17, 15) is 19.2 Å². The van der Waals surface area contributed by atoms with Gasteiger partial charge in [-0.1, -0.05) is 12.0 Å². The van der Waals surface area contributed by atoms with Crippen LogP contribution in [0.2, 0.25) is 0 Å². The summed E-state index contributed by atoms with van der Waals surface area (Å²) in [5.41, 5.74) is 1.98. The number of allylic oxidation sites excluding steroid dienone is 1. The monoisotopic (exact) mass is 356 g/mol. The van der Waals surface area contributed by atoms with E-state index in [1.165, 1.54) is 37.7 Å². The van der Waals surface area contributed by atoms with E-state index in [-0.39, 0.29) is 11.5 Å². The van der Waals surface area contributed by atoms with Crippen LogP contribution in [0.15, 0.2) is 29.8 Å². The smallest absolute Gasteiger partial charge is 0.331 e. The number of carbonyl (C=O) groups excluding carboxylic acids is 4. The summed E-state index contributed by atoms with van der Waals surface area (Å²) in [6.07, 6.45) is 6.61. The molecule has 1 saturated carbocycles. The van der Waals surface area contributed by atoms with E-state index in [2.05, 4.69) is 5.32 Å². The third-order valence-corrected chi connectivity index (χ3v) is 4.54. The van der Waals surface area contributed by atoms with Crippen LogP contribution in [-0.4, -0.2) is 42.2 Å². The second-order valence-corrected chi connectivity index (χ2v) is 6.45. The SMILES string of the molecule is CN1C(=O)c2ccc(NC(=O)COC(=O)C=C3CCCCC3)cc2C1=O. The maximum atomic E-state index is 12.0. The van der Waals surface area contributed by atoms with Crippen molar-refractivity contribution in [3.63, 3.8) is 0 Å². The third kappa shape index (κ3) is 3.82. The zero-order chi connectivity index (χ0) is 18.7. The van der Waals surface area contributed by atoms with Crippen molar-refractivity contribution in [1.29, 1.82) is 0 Å². The molecule has 7 nitrogen and oxygen atoms in total. The Morgan fingerprint density at radius 2 is 1.81 bits per heavy atom. The lowest BCUT2D eigenvalue weighted by atomic mass is 9.95. The van der Waals surface area contributed by atoms with Gasteiger partial charge in [-0.2, -0.15) is 0 Å². The highest BCUT2D eigenvalue weighted by atomic mass is 16.5. The molecule has 0 saturated heterocycles. The standard InChI is InChI=1S/C19H20N2O5/c1-21-18(24)14-8-7-13(10-15(14)19(21)25)20-16(22)11-26-17(23)9-12-5-3-2-4-6-12/h7-10H,2-6,11H2,1H3,(H,20,22). The first-order valence-corrected chi connectivity index (χ1v) is 8.58. The van der Waals surface area contributed by atoms with Crippen molar-refractivity contribution in [1.82, 2.24) is 4.90 Å². The van der Waals surface area contributed by atoms with Gasteiger partial charge < -0.3 is 10.1 Å². The number of carbonyl (C=O) groups is 4. The molecule has 0 bridgehead atoms. The number of ether oxygens (including phenoxy) is 1. The van der Waals surface area contributed by atoms with E-state index >= 15 is 0 Å². The van der Waals surface area contributed by atoms with E-state index in [4.69, 9.17) is 4.74 Å². The highest BCUT2D eigenvalue weighted by molar-refractivity contribution is 6.21. The Bertz CT molecular complexity index is 804. The molecular weight excluding hydrogens is 336 g/mol. The maximum Gasteiger partial charge on any atom is 0.331 e. The zero-order valence-corrected chi connectivity index (χ0v) is 14.5. The predicted octanol–water partition coefficient (Wildman–Crippen LogP) is 2.28. The molecule has 0 radical (unpaired) electrons. The van der Waals surface area contributed by atoms with Crippen molar-refractivity contribution < 1.29 is 23.9 Å². The van der Waals surface area contributed by atoms with Crippen molar-refractivity contribution in [3.8, 4) is 0 Å². The van der Waals surface area contributed by atoms with Crippen molar-refractivity contribution in [2.75, 3.05) is 19.0 Å². The number of nitrogens with one attached hydrogen (secondary N) is 1. The minimum absolute atomic E-state index is 0.245. The lowest BCUT2D eigenvalue weighted by molar-refractivity contribution is -0.142. The summed E-state index contributed by atoms with van der Waals surface area (Å²) in [6.45, 7) is -0.410. The Kier molecular flexibility index (Phi) is 5.16. The van der Waals surface area contributed by atoms with Gasteiger partial charge in [0, 0.05) is 18.8 Å². The molecule has 1 aromatic rings. The third-order valence-electron chi connectivity index (χ3n) is 4.54. The van der Waals surface area contributed by atoms with Crippen molar-refractivity contribution >= 4 is 29.4 Å². The van der Waals surface area contributed by atoms with E-state index in [1.807, 2.05) is 0 Å². The van der Waals surface area contributed by atoms with Gasteiger partial charge in [0.2, 0.25) is 0 Å². The Morgan fingerprint density at radius 1 is 1.12 bits per heavy atom. The van der Waals surface area contributed by atoms with Gasteiger partial charge in [0.05, 0.1) is 11.1 Å². The highest BCUT2D eigenvalue weighted by Gasteiger charge is 2.32. The van der Waals surface area contributed by atoms with Crippen LogP contribution in [-0.2, 0) is 14.3 Å². The molecule has 0 unspecified atom stereocenters. The molecule has 1 N–H and O–H groups in total. The quantitative estimate of drug-likeness (QED) is 0.508. The number of benzene rings is 1. The summed E-state index contributed by atoms with van der Waals surface area (Å²) in [4.78, 5) is 48.5. The molecule has 3 rings (SSSR count). The molecule has 1 aromatic carbocycles. The van der Waals surface area contributed by atoms with Gasteiger partial charge >= 0.3 is 5.97 Å². The largest absolute Gasteiger partial charge is 0.452 e. The topological polar surface area (TPSA) is 92.8 Å². The molecule has 2 aliphatic rings. The average Bonchev–Trinajstić information content (AvgIpc) is 2.85. The maximum absolute atomic E-state index is 12.0. The molecule has 0 atom stereocenters. The lowest BCUT2D eigenvalue weighted by Gasteiger charge is -2.12. The lowest BCUT2D eigenvalue weighted by Crippen LogP contribution is -2.24. The van der Waals surface area contributed by atoms with Crippen LogP contribution in [0.3, 0.4) is 0 Å². The summed E-state index contributed by atoms with van der Waals surface area (Å²) >= 11 is 0. The molecule has 136 valence electrons. The summed E-state index contributed by atoms with van der Waals surface area (Å²) in [6, 6.07) is 4.48. The van der Waals surface area contributed by atoms with Gasteiger partial charge in [-0.05, 0) is 43.9 Å². The van der Waals surface area contributed by atoms with Crippen LogP contribution in [0.25, 0.3) is 0 Å². The minimum atomic E-state index is -0.520. The van der Waals surface area contributed by atoms with Crippen LogP contribution in [0.4, 0.5) is 5.69 Å². The fourth-order valence-corrected chi connectivity index (χ4v) is 3.13. The fourth-order valence-electron chi connectivity index (χ4n) is 3.13. The fraction of sp³-hybridized carbons (Fsp3) is 0.368. The molecule has 0 spiro atoms. The Hall–Kier alpha value is -2.96. The van der Waals surface area contributed by atoms with Crippen molar-refractivity contribution in [2.24, 2.45) is 0 Å². The van der Waals surface area contributed by atoms with Crippen LogP contribution < -0.4 is 5.32 Å². The first kappa shape index (κ1) is 17.8. The van der Waals surface area contributed by atoms with Gasteiger partial charge in [0.15, 0.2) is 6.61 Å². The van der Waals surface area contributed by atoms with Crippen LogP contribution >= 0.6 is 0 Å². The molecule has 3 amide bonds. The molecule has 1 fully saturated rings. The first-order chi connectivity index (χ1) is 12.5. The van der Waals surface area contributed by atoms with Gasteiger partial charge in [0.25, 0.3) is 17.7 Å². The van der Waals surface area contributed by atoms with Gasteiger partial charge in [0.1, 0.15) is 0 Å². The number of rotatable bonds is 4. The second kappa shape index (κ2) is 7.51. The van der Waals surface area contributed by atoms with E-state index in [1.54, 1.807) is 0 Å². The van der Waals surface area contributed by atoms with Crippen LogP contribution in [0.1, 0.15) is 52.8 Å². The second-order valence-electron chi connectivity index (χ2n) is 6.45. The molecule has 1 heterocycles. The minimum Gasteiger partial charge on any atom is -0.452 e. The number of anilines is 1. The van der Waals surface area contributed by atoms with Gasteiger partial charge in [-0.15, -0.1) is 0 Å². The van der Waals surface area contributed by atoms with Gasteiger partial charge in [-0.25, -0.2) is 4.79 Å². The Balaban J connectivity index is 1.55. The summed E-state index contributed by atoms with van der Waals surface area (Å²) < 4.78 is 4.97. The summed E-state index contributed by atoms with van der Waals surface area (Å²) in [7, 11) is 1.41. The van der Waals surface area contributed by atoms with Crippen molar-refractivity contribution in [3.05, 3.63) is 41.0 Å². The Labute approximate surface area is 151 Å². The van der Waals surface area contributed by atoms with E-state index in [0.717, 1.165) is 36.2 Å². The first-order valence-electron chi connectivity index (χ1n) is 8.58. The highest BCUT2D eigenvalue weighted by Crippen LogP contribution is 2.25. The molecule has 26 heavy (non-hydrogen) atoms. The van der Waals surface area contributed by atoms with E-state index < -0.39 is 24.4 Å². The normalized spacial score (nSPS) is 16.3. The van der Waals surface area contributed by atoms with Crippen LogP contribution in [0.5, 0.6) is 0 Å². The number of imide groups is 1. The average molecular weight is 356 g/mol. The Morgan fingerprint density at radius 3 is 2.54 bits per heavy atom. The van der Waals surface area contributed by atoms with Crippen molar-refractivity contribution in [2.45, 2.75) is 32.1 Å². The molecule has 7 heteroatoms. The molecule has 1 aliphatic heterocycles. The van der Waals surface area contributed by atoms with E-state index in [0.29, 0.717) is 11.3 Å². The number of amides is 3. The zero-order valence-electron chi connectivity index (χ0n) is 14.5. The molecule has 1 aliphatic carbocycles. The molecular formula is C19H20N2O5. The summed E-state index contributed by atoms with van der Waals surface area (Å²) in [5.74, 6) is -1.81. The molecule has 0 aromatic heterocycles.